The molecule has 0 heterocycles. The topological polar surface area (TPSA) is 52.3 Å². The van der Waals surface area contributed by atoms with E-state index in [0.717, 1.165) is 11.8 Å². The van der Waals surface area contributed by atoms with E-state index in [9.17, 15) is 4.79 Å². The molecule has 4 fully saturated rings. The van der Waals surface area contributed by atoms with E-state index in [4.69, 9.17) is 10.5 Å². The van der Waals surface area contributed by atoms with Crippen molar-refractivity contribution < 1.29 is 9.53 Å². The smallest absolute Gasteiger partial charge is 0.310 e. The minimum absolute atomic E-state index is 0. The molecule has 0 saturated heterocycles. The number of carbonyl (C=O) groups excluding carboxylic acids is 1. The molecule has 0 aromatic carbocycles. The number of ether oxygens (including phenoxy) is 1. The lowest BCUT2D eigenvalue weighted by molar-refractivity contribution is -0.153. The third-order valence-corrected chi connectivity index (χ3v) is 4.67. The first-order valence-electron chi connectivity index (χ1n) is 5.57. The lowest BCUT2D eigenvalue weighted by atomic mass is 9.62. The van der Waals surface area contributed by atoms with Crippen LogP contribution in [0.2, 0.25) is 0 Å². The molecule has 4 heteroatoms. The third kappa shape index (κ3) is 1.40. The van der Waals surface area contributed by atoms with Gasteiger partial charge in [0.25, 0.3) is 0 Å². The van der Waals surface area contributed by atoms with Gasteiger partial charge >= 0.3 is 5.97 Å². The van der Waals surface area contributed by atoms with E-state index in [1.165, 1.54) is 26.4 Å². The van der Waals surface area contributed by atoms with Crippen molar-refractivity contribution >= 4 is 18.4 Å². The molecule has 0 amide bonds. The molecule has 15 heavy (non-hydrogen) atoms. The molecule has 2 bridgehead atoms. The summed E-state index contributed by atoms with van der Waals surface area (Å²) in [5.41, 5.74) is 6.16. The van der Waals surface area contributed by atoms with Crippen LogP contribution in [0.4, 0.5) is 0 Å². The standard InChI is InChI=1S/C11H17NO2.ClH/c1-14-11(13)9-5-2-3-6(10(9)12)8-4-7(5)8;/h5-10H,2-4,12H2,1H3;1H/t5-,6+,7+,8-,9-,10+;/m0./s1. The van der Waals surface area contributed by atoms with Gasteiger partial charge in [-0.2, -0.15) is 0 Å². The molecule has 0 aliphatic heterocycles. The Hall–Kier alpha value is -0.280. The van der Waals surface area contributed by atoms with Gasteiger partial charge in [-0.15, -0.1) is 12.4 Å². The summed E-state index contributed by atoms with van der Waals surface area (Å²) in [6.45, 7) is 0. The van der Waals surface area contributed by atoms with E-state index in [2.05, 4.69) is 0 Å². The predicted octanol–water partition coefficient (Wildman–Crippen LogP) is 1.20. The number of halogens is 1. The van der Waals surface area contributed by atoms with Gasteiger partial charge in [-0.1, -0.05) is 0 Å². The fourth-order valence-corrected chi connectivity index (χ4v) is 3.98. The van der Waals surface area contributed by atoms with Gasteiger partial charge in [-0.3, -0.25) is 4.79 Å². The Morgan fingerprint density at radius 1 is 1.20 bits per heavy atom. The van der Waals surface area contributed by atoms with Gasteiger partial charge in [0.2, 0.25) is 0 Å². The van der Waals surface area contributed by atoms with E-state index in [1.54, 1.807) is 0 Å². The van der Waals surface area contributed by atoms with Crippen molar-refractivity contribution in [1.82, 2.24) is 0 Å². The van der Waals surface area contributed by atoms with E-state index in [1.807, 2.05) is 0 Å². The van der Waals surface area contributed by atoms with Crippen molar-refractivity contribution in [2.45, 2.75) is 25.3 Å². The van der Waals surface area contributed by atoms with Gasteiger partial charge in [0.15, 0.2) is 0 Å². The van der Waals surface area contributed by atoms with Crippen molar-refractivity contribution in [2.75, 3.05) is 7.11 Å². The number of rotatable bonds is 1. The maximum Gasteiger partial charge on any atom is 0.310 e. The fraction of sp³-hybridized carbons (Fsp3) is 0.909. The van der Waals surface area contributed by atoms with Crippen LogP contribution < -0.4 is 5.73 Å². The number of fused-ring (bicyclic) bond motifs is 2. The Balaban J connectivity index is 0.000000853. The summed E-state index contributed by atoms with van der Waals surface area (Å²) in [6.07, 6.45) is 3.75. The first kappa shape index (κ1) is 11.2. The number of esters is 1. The van der Waals surface area contributed by atoms with Crippen LogP contribution >= 0.6 is 12.4 Å². The number of carbonyl (C=O) groups is 1. The second kappa shape index (κ2) is 3.63. The maximum atomic E-state index is 11.6. The summed E-state index contributed by atoms with van der Waals surface area (Å²) in [5.74, 6) is 2.73. The Morgan fingerprint density at radius 2 is 1.80 bits per heavy atom. The van der Waals surface area contributed by atoms with Gasteiger partial charge in [0, 0.05) is 6.04 Å². The molecule has 0 radical (unpaired) electrons. The highest BCUT2D eigenvalue weighted by Gasteiger charge is 2.62. The zero-order valence-corrected chi connectivity index (χ0v) is 9.70. The third-order valence-electron chi connectivity index (χ3n) is 4.67. The van der Waals surface area contributed by atoms with E-state index < -0.39 is 0 Å². The van der Waals surface area contributed by atoms with E-state index in [-0.39, 0.29) is 30.3 Å². The van der Waals surface area contributed by atoms with Crippen LogP contribution in [0.1, 0.15) is 19.3 Å². The summed E-state index contributed by atoms with van der Waals surface area (Å²) in [5, 5.41) is 0. The Labute approximate surface area is 96.1 Å². The molecular formula is C11H18ClNO2. The summed E-state index contributed by atoms with van der Waals surface area (Å²) in [6, 6.07) is 0.0740. The predicted molar refractivity (Wildman–Crippen MR) is 58.5 cm³/mol. The average molecular weight is 232 g/mol. The SMILES string of the molecule is COC(=O)[C@@H]1[C@H](N)[C@@H]2CC[C@H]1[C@H]1C[C@H]12.Cl. The molecule has 0 aromatic rings. The van der Waals surface area contributed by atoms with Crippen LogP contribution in [0.3, 0.4) is 0 Å². The Kier molecular flexibility index (Phi) is 2.72. The first-order valence-corrected chi connectivity index (χ1v) is 5.57. The molecule has 4 saturated carbocycles. The summed E-state index contributed by atoms with van der Waals surface area (Å²) < 4.78 is 4.86. The lowest BCUT2D eigenvalue weighted by Crippen LogP contribution is -2.53. The number of nitrogens with two attached hydrogens (primary N) is 1. The van der Waals surface area contributed by atoms with Crippen LogP contribution in [0.5, 0.6) is 0 Å². The van der Waals surface area contributed by atoms with Gasteiger partial charge in [-0.25, -0.2) is 0 Å². The monoisotopic (exact) mass is 231 g/mol. The van der Waals surface area contributed by atoms with Gasteiger partial charge in [-0.05, 0) is 42.9 Å². The zero-order chi connectivity index (χ0) is 9.87. The minimum Gasteiger partial charge on any atom is -0.469 e. The first-order chi connectivity index (χ1) is 6.74. The number of hydrogen-bond acceptors (Lipinski definition) is 3. The molecule has 0 unspecified atom stereocenters. The highest BCUT2D eigenvalue weighted by atomic mass is 35.5. The number of methoxy groups -OCH3 is 1. The average Bonchev–Trinajstić information content (AvgIpc) is 2.97. The van der Waals surface area contributed by atoms with Crippen molar-refractivity contribution in [3.8, 4) is 0 Å². The molecule has 6 atom stereocenters. The molecule has 3 nitrogen and oxygen atoms in total. The molecule has 4 aliphatic carbocycles. The van der Waals surface area contributed by atoms with E-state index >= 15 is 0 Å². The molecule has 0 spiro atoms. The van der Waals surface area contributed by atoms with Crippen LogP contribution in [0.15, 0.2) is 0 Å². The largest absolute Gasteiger partial charge is 0.469 e. The molecule has 86 valence electrons. The van der Waals surface area contributed by atoms with Crippen LogP contribution in [0, 0.1) is 29.6 Å². The quantitative estimate of drug-likeness (QED) is 0.690. The fourth-order valence-electron chi connectivity index (χ4n) is 3.98. The van der Waals surface area contributed by atoms with Crippen LogP contribution in [0.25, 0.3) is 0 Å². The normalized spacial score (nSPS) is 50.3. The maximum absolute atomic E-state index is 11.6. The Morgan fingerprint density at radius 3 is 2.47 bits per heavy atom. The van der Waals surface area contributed by atoms with Crippen molar-refractivity contribution in [1.29, 1.82) is 0 Å². The molecule has 4 aliphatic rings. The van der Waals surface area contributed by atoms with Crippen LogP contribution in [-0.4, -0.2) is 19.1 Å². The van der Waals surface area contributed by atoms with E-state index in [0.29, 0.717) is 11.8 Å². The van der Waals surface area contributed by atoms with Crippen molar-refractivity contribution in [2.24, 2.45) is 35.3 Å². The lowest BCUT2D eigenvalue weighted by Gasteiger charge is -2.45. The van der Waals surface area contributed by atoms with Crippen molar-refractivity contribution in [3.63, 3.8) is 0 Å². The van der Waals surface area contributed by atoms with Gasteiger partial charge < -0.3 is 10.5 Å². The second-order valence-electron chi connectivity index (χ2n) is 5.09. The van der Waals surface area contributed by atoms with Gasteiger partial charge in [0.1, 0.15) is 0 Å². The molecular weight excluding hydrogens is 214 g/mol. The Bertz CT molecular complexity index is 284. The molecule has 0 aromatic heterocycles. The van der Waals surface area contributed by atoms with Crippen LogP contribution in [-0.2, 0) is 9.53 Å². The minimum atomic E-state index is -0.0717. The molecule has 2 N–H and O–H groups in total. The van der Waals surface area contributed by atoms with Gasteiger partial charge in [0.05, 0.1) is 13.0 Å². The summed E-state index contributed by atoms with van der Waals surface area (Å²) in [7, 11) is 1.47. The summed E-state index contributed by atoms with van der Waals surface area (Å²) >= 11 is 0. The second-order valence-corrected chi connectivity index (χ2v) is 5.09. The summed E-state index contributed by atoms with van der Waals surface area (Å²) in [4.78, 5) is 11.6. The highest BCUT2D eigenvalue weighted by molar-refractivity contribution is 5.85. The highest BCUT2D eigenvalue weighted by Crippen LogP contribution is 2.63. The number of hydrogen-bond donors (Lipinski definition) is 1. The molecule has 4 rings (SSSR count). The van der Waals surface area contributed by atoms with Crippen molar-refractivity contribution in [3.05, 3.63) is 0 Å². The zero-order valence-electron chi connectivity index (χ0n) is 8.89.